The predicted molar refractivity (Wildman–Crippen MR) is 87.9 cm³/mol. The Morgan fingerprint density at radius 3 is 2.61 bits per heavy atom. The molecule has 8 heteroatoms. The first kappa shape index (κ1) is 17.4. The van der Waals surface area contributed by atoms with Gasteiger partial charge in [-0.05, 0) is 0 Å². The summed E-state index contributed by atoms with van der Waals surface area (Å²) in [5.74, 6) is 0.717. The second-order valence-corrected chi connectivity index (χ2v) is 5.91. The number of nitrogens with two attached hydrogens (primary N) is 1. The number of carbonyl (C=O) groups is 1. The molecular formula is C15H25N7O. The number of aliphatic imine (C=N–C) groups is 1. The van der Waals surface area contributed by atoms with E-state index in [1.807, 2.05) is 11.8 Å². The van der Waals surface area contributed by atoms with Gasteiger partial charge in [0.1, 0.15) is 11.7 Å². The zero-order valence-corrected chi connectivity index (χ0v) is 13.6. The quantitative estimate of drug-likeness (QED) is 0.475. The van der Waals surface area contributed by atoms with Crippen LogP contribution in [-0.2, 0) is 4.79 Å². The number of nitrogens with one attached hydrogen (secondary N) is 2. The van der Waals surface area contributed by atoms with Gasteiger partial charge in [0.2, 0.25) is 5.91 Å². The van der Waals surface area contributed by atoms with Gasteiger partial charge in [0.05, 0.1) is 18.2 Å². The lowest BCUT2D eigenvalue weighted by Gasteiger charge is -2.45. The normalized spacial score (nSPS) is 25.6. The zero-order chi connectivity index (χ0) is 16.8. The highest BCUT2D eigenvalue weighted by molar-refractivity contribution is 5.96. The van der Waals surface area contributed by atoms with Crippen molar-refractivity contribution in [2.45, 2.75) is 32.4 Å². The molecule has 2 heterocycles. The molecule has 0 aromatic rings. The van der Waals surface area contributed by atoms with E-state index in [1.54, 1.807) is 0 Å². The fourth-order valence-electron chi connectivity index (χ4n) is 2.79. The van der Waals surface area contributed by atoms with Crippen LogP contribution in [0.2, 0.25) is 0 Å². The Labute approximate surface area is 136 Å². The van der Waals surface area contributed by atoms with Crippen molar-refractivity contribution >= 4 is 17.6 Å². The molecule has 0 spiro atoms. The van der Waals surface area contributed by atoms with Gasteiger partial charge in [-0.15, -0.1) is 0 Å². The number of hydrogen-bond donors (Lipinski definition) is 3. The molecule has 0 radical (unpaired) electrons. The molecule has 2 rings (SSSR count). The van der Waals surface area contributed by atoms with Crippen molar-refractivity contribution in [1.82, 2.24) is 15.1 Å². The van der Waals surface area contributed by atoms with E-state index in [2.05, 4.69) is 21.3 Å². The molecule has 0 aromatic carbocycles. The fourth-order valence-corrected chi connectivity index (χ4v) is 2.79. The van der Waals surface area contributed by atoms with E-state index in [0.29, 0.717) is 38.2 Å². The molecule has 0 aliphatic carbocycles. The summed E-state index contributed by atoms with van der Waals surface area (Å²) < 4.78 is 0. The van der Waals surface area contributed by atoms with E-state index in [4.69, 9.17) is 16.4 Å². The highest BCUT2D eigenvalue weighted by Gasteiger charge is 2.36. The second kappa shape index (κ2) is 8.04. The van der Waals surface area contributed by atoms with Crippen LogP contribution < -0.4 is 11.1 Å². The molecule has 126 valence electrons. The van der Waals surface area contributed by atoms with Crippen molar-refractivity contribution in [2.75, 3.05) is 32.7 Å². The van der Waals surface area contributed by atoms with Crippen molar-refractivity contribution < 1.29 is 4.79 Å². The molecule has 2 saturated heterocycles. The Hall–Kier alpha value is -1.98. The van der Waals surface area contributed by atoms with E-state index in [1.165, 1.54) is 0 Å². The maximum absolute atomic E-state index is 12.2. The van der Waals surface area contributed by atoms with Crippen molar-refractivity contribution in [1.29, 1.82) is 10.7 Å². The molecule has 2 fully saturated rings. The maximum Gasteiger partial charge on any atom is 0.223 e. The van der Waals surface area contributed by atoms with Crippen LogP contribution in [0, 0.1) is 22.7 Å². The minimum atomic E-state index is 0.0575. The van der Waals surface area contributed by atoms with Crippen LogP contribution in [0.4, 0.5) is 0 Å². The third kappa shape index (κ3) is 4.50. The van der Waals surface area contributed by atoms with Crippen molar-refractivity contribution in [2.24, 2.45) is 16.6 Å². The third-order valence-corrected chi connectivity index (χ3v) is 4.36. The van der Waals surface area contributed by atoms with Crippen LogP contribution in [0.25, 0.3) is 0 Å². The number of amides is 1. The number of carbonyl (C=O) groups excluding carboxylic acids is 1. The summed E-state index contributed by atoms with van der Waals surface area (Å²) in [5, 5.41) is 19.8. The van der Waals surface area contributed by atoms with Crippen LogP contribution in [0.5, 0.6) is 0 Å². The van der Waals surface area contributed by atoms with Crippen molar-refractivity contribution in [3.63, 3.8) is 0 Å². The first-order valence-corrected chi connectivity index (χ1v) is 8.10. The molecule has 23 heavy (non-hydrogen) atoms. The highest BCUT2D eigenvalue weighted by atomic mass is 16.2. The SMILES string of the molecule is CCC(=N)N=C(N)CCC(=O)N1CCN(C2NC[C@H]2C#N)CC1. The molecule has 0 saturated carbocycles. The van der Waals surface area contributed by atoms with Gasteiger partial charge in [0, 0.05) is 52.0 Å². The first-order chi connectivity index (χ1) is 11.0. The monoisotopic (exact) mass is 319 g/mol. The van der Waals surface area contributed by atoms with E-state index < -0.39 is 0 Å². The fraction of sp³-hybridized carbons (Fsp3) is 0.733. The van der Waals surface area contributed by atoms with Crippen molar-refractivity contribution in [3.8, 4) is 6.07 Å². The maximum atomic E-state index is 12.2. The second-order valence-electron chi connectivity index (χ2n) is 5.91. The summed E-state index contributed by atoms with van der Waals surface area (Å²) in [5.41, 5.74) is 5.74. The van der Waals surface area contributed by atoms with E-state index >= 15 is 0 Å². The molecule has 8 nitrogen and oxygen atoms in total. The molecule has 2 aliphatic heterocycles. The Morgan fingerprint density at radius 2 is 2.09 bits per heavy atom. The Bertz CT molecular complexity index is 516. The number of nitriles is 1. The van der Waals surface area contributed by atoms with Crippen LogP contribution in [0.15, 0.2) is 4.99 Å². The topological polar surface area (TPSA) is 122 Å². The van der Waals surface area contributed by atoms with Crippen molar-refractivity contribution in [3.05, 3.63) is 0 Å². The molecule has 2 atom stereocenters. The van der Waals surface area contributed by atoms with Crippen LogP contribution in [0.1, 0.15) is 26.2 Å². The highest BCUT2D eigenvalue weighted by Crippen LogP contribution is 2.18. The number of amidine groups is 2. The average molecular weight is 319 g/mol. The van der Waals surface area contributed by atoms with E-state index in [0.717, 1.165) is 19.6 Å². The average Bonchev–Trinajstić information content (AvgIpc) is 2.52. The zero-order valence-electron chi connectivity index (χ0n) is 13.6. The van der Waals surface area contributed by atoms with E-state index in [9.17, 15) is 4.79 Å². The van der Waals surface area contributed by atoms with Gasteiger partial charge < -0.3 is 10.6 Å². The summed E-state index contributed by atoms with van der Waals surface area (Å²) in [7, 11) is 0. The van der Waals surface area contributed by atoms with E-state index in [-0.39, 0.29) is 23.8 Å². The standard InChI is InChI=1S/C15H25N7O/c1-2-12(17)20-13(18)3-4-14(23)21-5-7-22(8-6-21)15-11(9-16)10-19-15/h11,15,19H,2-8,10H2,1H3,(H3,17,18,20)/t11-,15?/m1/s1. The number of piperazine rings is 1. The number of hydrogen-bond acceptors (Lipinski definition) is 5. The molecule has 0 aromatic heterocycles. The lowest BCUT2D eigenvalue weighted by Crippen LogP contribution is -2.65. The van der Waals surface area contributed by atoms with Gasteiger partial charge in [0.25, 0.3) is 0 Å². The van der Waals surface area contributed by atoms with Gasteiger partial charge in [-0.2, -0.15) is 5.26 Å². The Morgan fingerprint density at radius 1 is 1.39 bits per heavy atom. The summed E-state index contributed by atoms with van der Waals surface area (Å²) in [6.07, 6.45) is 1.40. The molecule has 1 amide bonds. The Balaban J connectivity index is 1.72. The van der Waals surface area contributed by atoms with Crippen LogP contribution in [0.3, 0.4) is 0 Å². The predicted octanol–water partition coefficient (Wildman–Crippen LogP) is -0.276. The summed E-state index contributed by atoms with van der Waals surface area (Å²) in [4.78, 5) is 20.2. The van der Waals surface area contributed by atoms with Crippen LogP contribution >= 0.6 is 0 Å². The van der Waals surface area contributed by atoms with Gasteiger partial charge in [0.15, 0.2) is 0 Å². The molecule has 4 N–H and O–H groups in total. The number of nitrogens with zero attached hydrogens (tertiary/aromatic N) is 4. The smallest absolute Gasteiger partial charge is 0.223 e. The van der Waals surface area contributed by atoms with Gasteiger partial charge in [-0.1, -0.05) is 6.92 Å². The summed E-state index contributed by atoms with van der Waals surface area (Å²) in [6.45, 7) is 5.52. The number of rotatable bonds is 5. The van der Waals surface area contributed by atoms with Gasteiger partial charge in [-0.25, -0.2) is 4.99 Å². The van der Waals surface area contributed by atoms with Gasteiger partial charge >= 0.3 is 0 Å². The third-order valence-electron chi connectivity index (χ3n) is 4.36. The lowest BCUT2D eigenvalue weighted by molar-refractivity contribution is -0.133. The molecule has 0 bridgehead atoms. The van der Waals surface area contributed by atoms with Gasteiger partial charge in [-0.3, -0.25) is 20.4 Å². The summed E-state index contributed by atoms with van der Waals surface area (Å²) >= 11 is 0. The molecule has 1 unspecified atom stereocenters. The van der Waals surface area contributed by atoms with Crippen LogP contribution in [-0.4, -0.2) is 66.3 Å². The Kier molecular flexibility index (Phi) is 6.07. The molecule has 2 aliphatic rings. The first-order valence-electron chi connectivity index (χ1n) is 8.10. The largest absolute Gasteiger partial charge is 0.387 e. The minimum absolute atomic E-state index is 0.0575. The molecular weight excluding hydrogens is 294 g/mol. The lowest BCUT2D eigenvalue weighted by atomic mass is 9.98. The minimum Gasteiger partial charge on any atom is -0.387 e. The summed E-state index contributed by atoms with van der Waals surface area (Å²) in [6, 6.07) is 2.31.